The SMILES string of the molecule is O=C(Cc1cc(Cl)c2c(c1)OCCO2)NC1=NCCS1. The van der Waals surface area contributed by atoms with Crippen molar-refractivity contribution in [1.29, 1.82) is 0 Å². The number of carbonyl (C=O) groups excluding carboxylic acids is 1. The number of aliphatic imine (C=N–C) groups is 1. The van der Waals surface area contributed by atoms with E-state index >= 15 is 0 Å². The molecule has 0 unspecified atom stereocenters. The molecular weight excluding hydrogens is 300 g/mol. The van der Waals surface area contributed by atoms with Crippen molar-refractivity contribution >= 4 is 34.4 Å². The zero-order valence-electron chi connectivity index (χ0n) is 10.6. The first kappa shape index (κ1) is 13.6. The number of amidine groups is 1. The number of hydrogen-bond donors (Lipinski definition) is 1. The largest absolute Gasteiger partial charge is 0.486 e. The van der Waals surface area contributed by atoms with Crippen molar-refractivity contribution in [2.75, 3.05) is 25.5 Å². The lowest BCUT2D eigenvalue weighted by atomic mass is 10.1. The highest BCUT2D eigenvalue weighted by Gasteiger charge is 2.18. The van der Waals surface area contributed by atoms with E-state index in [0.717, 1.165) is 17.9 Å². The highest BCUT2D eigenvalue weighted by molar-refractivity contribution is 8.14. The van der Waals surface area contributed by atoms with Gasteiger partial charge in [0.15, 0.2) is 16.7 Å². The van der Waals surface area contributed by atoms with Gasteiger partial charge in [0, 0.05) is 5.75 Å². The van der Waals surface area contributed by atoms with Gasteiger partial charge in [0.05, 0.1) is 18.0 Å². The molecule has 1 aromatic rings. The van der Waals surface area contributed by atoms with Gasteiger partial charge >= 0.3 is 0 Å². The van der Waals surface area contributed by atoms with Crippen LogP contribution in [0.2, 0.25) is 5.02 Å². The van der Waals surface area contributed by atoms with E-state index in [-0.39, 0.29) is 12.3 Å². The van der Waals surface area contributed by atoms with Crippen molar-refractivity contribution in [2.24, 2.45) is 4.99 Å². The summed E-state index contributed by atoms with van der Waals surface area (Å²) in [6, 6.07) is 3.53. The second kappa shape index (κ2) is 5.93. The Bertz CT molecular complexity index is 577. The van der Waals surface area contributed by atoms with Crippen LogP contribution in [-0.4, -0.2) is 36.6 Å². The summed E-state index contributed by atoms with van der Waals surface area (Å²) in [4.78, 5) is 16.1. The molecule has 0 aliphatic carbocycles. The van der Waals surface area contributed by atoms with Crippen LogP contribution in [0.5, 0.6) is 11.5 Å². The molecule has 2 aliphatic rings. The van der Waals surface area contributed by atoms with Crippen LogP contribution in [-0.2, 0) is 11.2 Å². The fraction of sp³-hybridized carbons (Fsp3) is 0.385. The number of fused-ring (bicyclic) bond motifs is 1. The van der Waals surface area contributed by atoms with E-state index in [2.05, 4.69) is 10.3 Å². The zero-order valence-corrected chi connectivity index (χ0v) is 12.2. The molecule has 1 aromatic carbocycles. The minimum atomic E-state index is -0.106. The number of amides is 1. The van der Waals surface area contributed by atoms with E-state index in [1.165, 1.54) is 0 Å². The first-order valence-corrected chi connectivity index (χ1v) is 7.64. The molecule has 0 saturated carbocycles. The maximum atomic E-state index is 11.9. The van der Waals surface area contributed by atoms with Gasteiger partial charge in [-0.3, -0.25) is 9.79 Å². The Balaban J connectivity index is 1.70. The molecule has 2 aliphatic heterocycles. The predicted molar refractivity (Wildman–Crippen MR) is 79.0 cm³/mol. The second-order valence-corrected chi connectivity index (χ2v) is 5.85. The number of halogens is 1. The van der Waals surface area contributed by atoms with Crippen LogP contribution in [0.3, 0.4) is 0 Å². The molecule has 0 fully saturated rings. The maximum Gasteiger partial charge on any atom is 0.230 e. The fourth-order valence-electron chi connectivity index (χ4n) is 2.03. The number of ether oxygens (including phenoxy) is 2. The average molecular weight is 313 g/mol. The number of rotatable bonds is 2. The van der Waals surface area contributed by atoms with Crippen molar-refractivity contribution in [3.05, 3.63) is 22.7 Å². The van der Waals surface area contributed by atoms with Crippen molar-refractivity contribution in [2.45, 2.75) is 6.42 Å². The number of nitrogens with one attached hydrogen (secondary N) is 1. The van der Waals surface area contributed by atoms with Crippen LogP contribution in [0, 0.1) is 0 Å². The second-order valence-electron chi connectivity index (χ2n) is 4.36. The summed E-state index contributed by atoms with van der Waals surface area (Å²) in [5, 5.41) is 3.95. The van der Waals surface area contributed by atoms with Gasteiger partial charge in [0.25, 0.3) is 0 Å². The third-order valence-corrected chi connectivity index (χ3v) is 4.03. The predicted octanol–water partition coefficient (Wildman–Crippen LogP) is 1.87. The molecule has 0 spiro atoms. The summed E-state index contributed by atoms with van der Waals surface area (Å²) in [6.07, 6.45) is 0.232. The van der Waals surface area contributed by atoms with E-state index in [1.54, 1.807) is 23.9 Å². The Morgan fingerprint density at radius 3 is 3.05 bits per heavy atom. The van der Waals surface area contributed by atoms with Gasteiger partial charge in [0.1, 0.15) is 13.2 Å². The smallest absolute Gasteiger partial charge is 0.230 e. The summed E-state index contributed by atoms with van der Waals surface area (Å²) >= 11 is 7.69. The molecule has 20 heavy (non-hydrogen) atoms. The van der Waals surface area contributed by atoms with Gasteiger partial charge in [0.2, 0.25) is 5.91 Å². The Labute approximate surface area is 125 Å². The van der Waals surface area contributed by atoms with Crippen molar-refractivity contribution in [1.82, 2.24) is 5.32 Å². The Kier molecular flexibility index (Phi) is 4.03. The van der Waals surface area contributed by atoms with Crippen molar-refractivity contribution < 1.29 is 14.3 Å². The minimum absolute atomic E-state index is 0.106. The zero-order chi connectivity index (χ0) is 13.9. The Morgan fingerprint density at radius 2 is 2.25 bits per heavy atom. The third kappa shape index (κ3) is 3.02. The third-order valence-electron chi connectivity index (χ3n) is 2.85. The number of thioether (sulfide) groups is 1. The summed E-state index contributed by atoms with van der Waals surface area (Å²) < 4.78 is 10.9. The Morgan fingerprint density at radius 1 is 1.40 bits per heavy atom. The summed E-state index contributed by atoms with van der Waals surface area (Å²) in [7, 11) is 0. The monoisotopic (exact) mass is 312 g/mol. The van der Waals surface area contributed by atoms with Gasteiger partial charge in [-0.1, -0.05) is 23.4 Å². The number of nitrogens with zero attached hydrogens (tertiary/aromatic N) is 1. The molecular formula is C13H13ClN2O3S. The summed E-state index contributed by atoms with van der Waals surface area (Å²) in [5.41, 5.74) is 0.792. The van der Waals surface area contributed by atoms with Gasteiger partial charge in [-0.2, -0.15) is 0 Å². The lowest BCUT2D eigenvalue weighted by Gasteiger charge is -2.20. The number of carbonyl (C=O) groups is 1. The molecule has 0 bridgehead atoms. The average Bonchev–Trinajstić information content (AvgIpc) is 2.91. The topological polar surface area (TPSA) is 59.9 Å². The van der Waals surface area contributed by atoms with E-state index in [1.807, 2.05) is 0 Å². The van der Waals surface area contributed by atoms with Crippen LogP contribution in [0.15, 0.2) is 17.1 Å². The van der Waals surface area contributed by atoms with E-state index < -0.39 is 0 Å². The molecule has 0 radical (unpaired) electrons. The molecule has 1 N–H and O–H groups in total. The molecule has 1 amide bonds. The Hall–Kier alpha value is -1.40. The van der Waals surface area contributed by atoms with Gasteiger partial charge in [-0.25, -0.2) is 0 Å². The lowest BCUT2D eigenvalue weighted by molar-refractivity contribution is -0.119. The van der Waals surface area contributed by atoms with Gasteiger partial charge in [-0.15, -0.1) is 0 Å². The molecule has 0 atom stereocenters. The van der Waals surface area contributed by atoms with E-state index in [0.29, 0.717) is 34.9 Å². The van der Waals surface area contributed by atoms with Gasteiger partial charge < -0.3 is 14.8 Å². The van der Waals surface area contributed by atoms with Crippen LogP contribution >= 0.6 is 23.4 Å². The van der Waals surface area contributed by atoms with Crippen LogP contribution in [0.1, 0.15) is 5.56 Å². The van der Waals surface area contributed by atoms with Crippen molar-refractivity contribution in [3.8, 4) is 11.5 Å². The number of benzene rings is 1. The molecule has 0 saturated heterocycles. The number of hydrogen-bond acceptors (Lipinski definition) is 5. The molecule has 106 valence electrons. The fourth-order valence-corrected chi connectivity index (χ4v) is 3.06. The normalized spacial score (nSPS) is 16.8. The standard InChI is InChI=1S/C13H13ClN2O3S/c14-9-5-8(6-10-12(9)19-3-2-18-10)7-11(17)16-13-15-1-4-20-13/h5-6H,1-4,7H2,(H,15,16,17). The highest BCUT2D eigenvalue weighted by Crippen LogP contribution is 2.38. The molecule has 0 aromatic heterocycles. The lowest BCUT2D eigenvalue weighted by Crippen LogP contribution is -2.28. The van der Waals surface area contributed by atoms with Gasteiger partial charge in [-0.05, 0) is 17.7 Å². The van der Waals surface area contributed by atoms with E-state index in [4.69, 9.17) is 21.1 Å². The summed E-state index contributed by atoms with van der Waals surface area (Å²) in [6.45, 7) is 1.74. The van der Waals surface area contributed by atoms with E-state index in [9.17, 15) is 4.79 Å². The quantitative estimate of drug-likeness (QED) is 0.905. The van der Waals surface area contributed by atoms with Crippen molar-refractivity contribution in [3.63, 3.8) is 0 Å². The maximum absolute atomic E-state index is 11.9. The minimum Gasteiger partial charge on any atom is -0.486 e. The van der Waals surface area contributed by atoms with Crippen LogP contribution in [0.25, 0.3) is 0 Å². The molecule has 3 rings (SSSR count). The van der Waals surface area contributed by atoms with Crippen LogP contribution in [0.4, 0.5) is 0 Å². The molecule has 7 heteroatoms. The first-order valence-electron chi connectivity index (χ1n) is 6.27. The summed E-state index contributed by atoms with van der Waals surface area (Å²) in [5.74, 6) is 1.97. The molecule has 2 heterocycles. The highest BCUT2D eigenvalue weighted by atomic mass is 35.5. The first-order chi connectivity index (χ1) is 9.72. The van der Waals surface area contributed by atoms with Crippen LogP contribution < -0.4 is 14.8 Å². The molecule has 5 nitrogen and oxygen atoms in total.